The SMILES string of the molecule is c1ccc(-c2nc3ccccc3nc2-n2c3ccc(-n4c5ccccc5c5c6cccc(-c7ccc8nc(-n9c%10ccc(-n%11c%12ccccc%12c%12ccc%13ccccc%13c%12%11)cc%10c%10c%11ccccc%11ccc%109)c(-c9ccc%10ccccc%10c9)nc8c7)c6ccc54)cc3c3c4ccccc4ccc32)cc1. The van der Waals surface area contributed by atoms with E-state index in [1.807, 2.05) is 18.2 Å². The van der Waals surface area contributed by atoms with Crippen molar-refractivity contribution in [2.75, 3.05) is 0 Å². The molecule has 0 unspecified atom stereocenters. The van der Waals surface area contributed by atoms with Gasteiger partial charge in [0, 0.05) is 71.0 Å². The highest BCUT2D eigenvalue weighted by atomic mass is 15.1. The molecule has 0 radical (unpaired) electrons. The van der Waals surface area contributed by atoms with Gasteiger partial charge in [-0.3, -0.25) is 9.13 Å². The Bertz CT molecular complexity index is 7680. The van der Waals surface area contributed by atoms with Crippen molar-refractivity contribution < 1.29 is 0 Å². The normalized spacial score (nSPS) is 12.2. The van der Waals surface area contributed by atoms with E-state index in [0.29, 0.717) is 0 Å². The lowest BCUT2D eigenvalue weighted by Gasteiger charge is -2.16. The molecule has 8 nitrogen and oxygen atoms in total. The lowest BCUT2D eigenvalue weighted by Crippen LogP contribution is -2.04. The van der Waals surface area contributed by atoms with E-state index in [1.54, 1.807) is 0 Å². The van der Waals surface area contributed by atoms with E-state index in [1.165, 1.54) is 86.4 Å². The third-order valence-electron chi connectivity index (χ3n) is 22.0. The van der Waals surface area contributed by atoms with Gasteiger partial charge in [-0.2, -0.15) is 0 Å². The van der Waals surface area contributed by atoms with Crippen molar-refractivity contribution in [2.24, 2.45) is 0 Å². The van der Waals surface area contributed by atoms with Crippen LogP contribution in [0.25, 0.3) is 220 Å². The molecule has 0 spiro atoms. The van der Waals surface area contributed by atoms with Crippen molar-refractivity contribution in [1.82, 2.24) is 38.2 Å². The second-order valence-corrected chi connectivity index (χ2v) is 27.6. The minimum atomic E-state index is 0.769. The topological polar surface area (TPSA) is 71.3 Å². The van der Waals surface area contributed by atoms with Crippen LogP contribution >= 0.6 is 0 Å². The Kier molecular flexibility index (Phi) is 11.9. The van der Waals surface area contributed by atoms with Crippen molar-refractivity contribution in [3.63, 3.8) is 0 Å². The fourth-order valence-corrected chi connectivity index (χ4v) is 17.5. The zero-order valence-corrected chi connectivity index (χ0v) is 55.9. The first-order valence-corrected chi connectivity index (χ1v) is 35.5. The van der Waals surface area contributed by atoms with E-state index in [4.69, 9.17) is 19.9 Å². The zero-order chi connectivity index (χ0) is 67.8. The van der Waals surface area contributed by atoms with Crippen LogP contribution in [0.15, 0.2) is 340 Å². The first-order chi connectivity index (χ1) is 51.6. The molecule has 0 aliphatic heterocycles. The van der Waals surface area contributed by atoms with Gasteiger partial charge in [-0.15, -0.1) is 0 Å². The van der Waals surface area contributed by atoms with E-state index >= 15 is 0 Å². The van der Waals surface area contributed by atoms with Crippen molar-refractivity contribution in [2.45, 2.75) is 0 Å². The van der Waals surface area contributed by atoms with Crippen molar-refractivity contribution in [3.05, 3.63) is 340 Å². The van der Waals surface area contributed by atoms with Gasteiger partial charge in [-0.25, -0.2) is 19.9 Å². The smallest absolute Gasteiger partial charge is 0.165 e. The van der Waals surface area contributed by atoms with Crippen molar-refractivity contribution >= 4 is 163 Å². The Morgan fingerprint density at radius 1 is 0.192 bits per heavy atom. The van der Waals surface area contributed by atoms with Crippen LogP contribution in [0.3, 0.4) is 0 Å². The van der Waals surface area contributed by atoms with Crippen LogP contribution in [0.2, 0.25) is 0 Å². The summed E-state index contributed by atoms with van der Waals surface area (Å²) in [6.07, 6.45) is 0. The highest BCUT2D eigenvalue weighted by Gasteiger charge is 2.27. The van der Waals surface area contributed by atoms with Crippen LogP contribution in [0.4, 0.5) is 0 Å². The fraction of sp³-hybridized carbons (Fsp3) is 0. The lowest BCUT2D eigenvalue weighted by molar-refractivity contribution is 1.08. The molecule has 0 bridgehead atoms. The molecule has 0 aliphatic rings. The molecular weight excluding hydrogens is 1270 g/mol. The Morgan fingerprint density at radius 3 is 1.35 bits per heavy atom. The number of benzene rings is 17. The van der Waals surface area contributed by atoms with Gasteiger partial charge < -0.3 is 9.13 Å². The molecule has 0 aliphatic carbocycles. The molecule has 0 N–H and O–H groups in total. The predicted octanol–water partition coefficient (Wildman–Crippen LogP) is 24.7. The molecule has 480 valence electrons. The summed E-state index contributed by atoms with van der Waals surface area (Å²) in [5.41, 5.74) is 20.1. The summed E-state index contributed by atoms with van der Waals surface area (Å²) in [4.78, 5) is 22.5. The molecule has 0 saturated heterocycles. The van der Waals surface area contributed by atoms with E-state index in [9.17, 15) is 0 Å². The van der Waals surface area contributed by atoms with Crippen LogP contribution in [-0.4, -0.2) is 38.2 Å². The maximum atomic E-state index is 5.84. The first kappa shape index (κ1) is 56.8. The molecule has 23 rings (SSSR count). The molecule has 0 atom stereocenters. The van der Waals surface area contributed by atoms with Gasteiger partial charge in [-0.05, 0) is 157 Å². The standard InChI is InChI=1S/C96H56N8/c1-2-23-61(24-3-1)92-95(99-79-34-15-14-33-78(79)97-92)103-84-50-43-65(55-76(84)89-68-26-9-6-20-58(68)41-48-87(89)103)101-83-36-17-13-30-75(83)91-73-32-18-31-67(71(73)46-52-86(91)101)63-40-47-80-81(54-63)98-93(64-38-37-57-19-4-5-25-62(57)53-64)96(100-80)104-85-51-44-66(56-77(85)90-69-27-10-7-21-59(69)42-49-88(90)104)102-82-35-16-12-29-72(82)74-45-39-60-22-8-11-28-70(60)94(74)102/h1-56H. The van der Waals surface area contributed by atoms with Gasteiger partial charge in [0.05, 0.1) is 66.2 Å². The second-order valence-electron chi connectivity index (χ2n) is 27.6. The van der Waals surface area contributed by atoms with Crippen LogP contribution in [-0.2, 0) is 0 Å². The number of nitrogens with zero attached hydrogens (tertiary/aromatic N) is 8. The van der Waals surface area contributed by atoms with E-state index in [-0.39, 0.29) is 0 Å². The molecular formula is C96H56N8. The van der Waals surface area contributed by atoms with Gasteiger partial charge >= 0.3 is 0 Å². The van der Waals surface area contributed by atoms with Crippen LogP contribution in [0, 0.1) is 0 Å². The molecule has 6 aromatic heterocycles. The summed E-state index contributed by atoms with van der Waals surface area (Å²) >= 11 is 0. The summed E-state index contributed by atoms with van der Waals surface area (Å²) in [6, 6.07) is 124. The number of aromatic nitrogens is 8. The zero-order valence-electron chi connectivity index (χ0n) is 55.9. The predicted molar refractivity (Wildman–Crippen MR) is 434 cm³/mol. The number of hydrogen-bond acceptors (Lipinski definition) is 4. The van der Waals surface area contributed by atoms with Crippen molar-refractivity contribution in [1.29, 1.82) is 0 Å². The lowest BCUT2D eigenvalue weighted by atomic mass is 9.95. The third-order valence-corrected chi connectivity index (χ3v) is 22.0. The quantitative estimate of drug-likeness (QED) is 0.159. The van der Waals surface area contributed by atoms with E-state index < -0.39 is 0 Å². The Hall–Kier alpha value is -14.1. The highest BCUT2D eigenvalue weighted by molar-refractivity contribution is 6.26. The summed E-state index contributed by atoms with van der Waals surface area (Å²) in [6.45, 7) is 0. The number of para-hydroxylation sites is 4. The monoisotopic (exact) mass is 1320 g/mol. The average molecular weight is 1320 g/mol. The maximum Gasteiger partial charge on any atom is 0.165 e. The maximum absolute atomic E-state index is 5.84. The number of fused-ring (bicyclic) bond motifs is 23. The van der Waals surface area contributed by atoms with Gasteiger partial charge in [0.25, 0.3) is 0 Å². The summed E-state index contributed by atoms with van der Waals surface area (Å²) in [5, 5.41) is 21.3. The fourth-order valence-electron chi connectivity index (χ4n) is 17.5. The van der Waals surface area contributed by atoms with Gasteiger partial charge in [-0.1, -0.05) is 243 Å². The second kappa shape index (κ2) is 21.7. The minimum Gasteiger partial charge on any atom is -0.309 e. The molecule has 6 heterocycles. The molecule has 0 saturated carbocycles. The molecule has 0 amide bonds. The number of rotatable bonds is 7. The Balaban J connectivity index is 0.709. The molecule has 23 aromatic rings. The summed E-state index contributed by atoms with van der Waals surface area (Å²) in [5.74, 6) is 1.56. The minimum absolute atomic E-state index is 0.769. The van der Waals surface area contributed by atoms with Gasteiger partial charge in [0.1, 0.15) is 11.4 Å². The average Bonchev–Trinajstić information content (AvgIpc) is 1.54. The Labute approximate surface area is 594 Å². The summed E-state index contributed by atoms with van der Waals surface area (Å²) in [7, 11) is 0. The first-order valence-electron chi connectivity index (χ1n) is 35.5. The number of hydrogen-bond donors (Lipinski definition) is 0. The highest BCUT2D eigenvalue weighted by Crippen LogP contribution is 2.47. The van der Waals surface area contributed by atoms with E-state index in [2.05, 4.69) is 340 Å². The van der Waals surface area contributed by atoms with Crippen molar-refractivity contribution in [3.8, 4) is 56.7 Å². The van der Waals surface area contributed by atoms with Crippen LogP contribution < -0.4 is 0 Å². The van der Waals surface area contributed by atoms with Gasteiger partial charge in [0.15, 0.2) is 11.6 Å². The van der Waals surface area contributed by atoms with Gasteiger partial charge in [0.2, 0.25) is 0 Å². The Morgan fingerprint density at radius 2 is 0.644 bits per heavy atom. The largest absolute Gasteiger partial charge is 0.309 e. The molecule has 8 heteroatoms. The molecule has 104 heavy (non-hydrogen) atoms. The van der Waals surface area contributed by atoms with Crippen LogP contribution in [0.5, 0.6) is 0 Å². The molecule has 0 fully saturated rings. The molecule has 17 aromatic carbocycles. The third kappa shape index (κ3) is 8.18. The van der Waals surface area contributed by atoms with E-state index in [0.717, 1.165) is 133 Å². The summed E-state index contributed by atoms with van der Waals surface area (Å²) < 4.78 is 9.64. The van der Waals surface area contributed by atoms with Crippen LogP contribution in [0.1, 0.15) is 0 Å².